The van der Waals surface area contributed by atoms with Gasteiger partial charge < -0.3 is 34.3 Å². The summed E-state index contributed by atoms with van der Waals surface area (Å²) in [5.41, 5.74) is 9.65. The first kappa shape index (κ1) is 40.9. The number of ether oxygens (including phenoxy) is 4. The predicted octanol–water partition coefficient (Wildman–Crippen LogP) is 2.44. The number of piperidine rings is 1. The van der Waals surface area contributed by atoms with E-state index in [-0.39, 0.29) is 42.2 Å². The van der Waals surface area contributed by atoms with E-state index in [1.165, 1.54) is 12.1 Å². The molecule has 17 nitrogen and oxygen atoms in total. The molecule has 2 aromatic carbocycles. The van der Waals surface area contributed by atoms with Gasteiger partial charge in [-0.25, -0.2) is 5.84 Å². The van der Waals surface area contributed by atoms with Crippen LogP contribution in [0.4, 0.5) is 0 Å². The molecule has 1 unspecified atom stereocenters. The Morgan fingerprint density at radius 1 is 0.949 bits per heavy atom. The Balaban J connectivity index is 0.819. The number of likely N-dealkylation sites (tertiary alicyclic amines) is 1. The van der Waals surface area contributed by atoms with E-state index < -0.39 is 29.7 Å². The number of benzene rings is 2. The Kier molecular flexibility index (Phi) is 12.2. The summed E-state index contributed by atoms with van der Waals surface area (Å²) in [6.45, 7) is 3.20. The Morgan fingerprint density at radius 3 is 2.42 bits per heavy atom. The summed E-state index contributed by atoms with van der Waals surface area (Å²) in [4.78, 5) is 69.8. The molecule has 2 fully saturated rings. The number of fused-ring (bicyclic) bond motifs is 2. The number of amides is 4. The number of aryl methyl sites for hydroxylation is 1. The van der Waals surface area contributed by atoms with Crippen LogP contribution in [0, 0.1) is 0 Å². The van der Waals surface area contributed by atoms with Gasteiger partial charge in [-0.2, -0.15) is 0 Å². The molecule has 3 aliphatic heterocycles. The fourth-order valence-corrected chi connectivity index (χ4v) is 7.65. The zero-order valence-electron chi connectivity index (χ0n) is 33.3. The zero-order valence-corrected chi connectivity index (χ0v) is 33.3. The van der Waals surface area contributed by atoms with Crippen molar-refractivity contribution in [1.82, 2.24) is 29.7 Å². The molecule has 17 heteroatoms. The van der Waals surface area contributed by atoms with Crippen LogP contribution in [0.2, 0.25) is 0 Å². The van der Waals surface area contributed by atoms with Gasteiger partial charge in [-0.1, -0.05) is 0 Å². The lowest BCUT2D eigenvalue weighted by molar-refractivity contribution is -0.136. The smallest absolute Gasteiger partial charge is 0.262 e. The van der Waals surface area contributed by atoms with Gasteiger partial charge in [0.2, 0.25) is 11.8 Å². The van der Waals surface area contributed by atoms with E-state index in [0.29, 0.717) is 61.1 Å². The first-order valence-electron chi connectivity index (χ1n) is 19.4. The molecular weight excluding hydrogens is 761 g/mol. The Morgan fingerprint density at radius 2 is 1.69 bits per heavy atom. The van der Waals surface area contributed by atoms with Gasteiger partial charge in [0.05, 0.1) is 61.3 Å². The number of rotatable bonds is 17. The first-order valence-corrected chi connectivity index (χ1v) is 19.4. The molecule has 3 aliphatic rings. The highest BCUT2D eigenvalue weighted by Crippen LogP contribution is 2.38. The quantitative estimate of drug-likeness (QED) is 0.0605. The maximum absolute atomic E-state index is 13.1. The Bertz CT molecular complexity index is 2350. The SMILES string of the molecule is COc1cc(-c2cn(C)c(=O)c3cnccc23)cc(OC)c1CN1CC(OC/C(N)=C/N(N)CCCCCOc2ccc3c(c2)C(=O)N(C2CCC(=O)NC2=O)C3=O)C1. The first-order chi connectivity index (χ1) is 28.4. The molecule has 7 rings (SSSR count). The van der Waals surface area contributed by atoms with Crippen molar-refractivity contribution >= 4 is 34.4 Å². The molecule has 5 N–H and O–H groups in total. The third-order valence-electron chi connectivity index (χ3n) is 10.8. The van der Waals surface area contributed by atoms with Gasteiger partial charge in [-0.15, -0.1) is 0 Å². The summed E-state index contributed by atoms with van der Waals surface area (Å²) in [6, 6.07) is 9.43. The number of carbonyl (C=O) groups is 4. The monoisotopic (exact) mass is 808 g/mol. The van der Waals surface area contributed by atoms with E-state index in [0.717, 1.165) is 46.2 Å². The molecule has 4 aromatic rings. The third-order valence-corrected chi connectivity index (χ3v) is 10.8. The summed E-state index contributed by atoms with van der Waals surface area (Å²) >= 11 is 0. The lowest BCUT2D eigenvalue weighted by Crippen LogP contribution is -2.54. The molecule has 2 saturated heterocycles. The molecule has 59 heavy (non-hydrogen) atoms. The molecule has 1 atom stereocenters. The number of aromatic nitrogens is 2. The van der Waals surface area contributed by atoms with Crippen LogP contribution in [0.5, 0.6) is 17.2 Å². The van der Waals surface area contributed by atoms with Gasteiger partial charge in [0.25, 0.3) is 17.4 Å². The summed E-state index contributed by atoms with van der Waals surface area (Å²) < 4.78 is 25.1. The molecule has 0 saturated carbocycles. The van der Waals surface area contributed by atoms with Crippen molar-refractivity contribution in [3.8, 4) is 28.4 Å². The number of methoxy groups -OCH3 is 2. The van der Waals surface area contributed by atoms with Crippen molar-refractivity contribution in [2.24, 2.45) is 18.6 Å². The van der Waals surface area contributed by atoms with E-state index in [1.54, 1.807) is 55.5 Å². The lowest BCUT2D eigenvalue weighted by atomic mass is 9.98. The van der Waals surface area contributed by atoms with Crippen molar-refractivity contribution < 1.29 is 38.1 Å². The minimum absolute atomic E-state index is 0.00331. The molecular formula is C42H48N8O9. The minimum Gasteiger partial charge on any atom is -0.496 e. The normalized spacial score (nSPS) is 17.3. The van der Waals surface area contributed by atoms with Crippen LogP contribution >= 0.6 is 0 Å². The highest BCUT2D eigenvalue weighted by molar-refractivity contribution is 6.23. The van der Waals surface area contributed by atoms with Gasteiger partial charge >= 0.3 is 0 Å². The number of hydrogen-bond donors (Lipinski definition) is 3. The Hall–Kier alpha value is -6.30. The predicted molar refractivity (Wildman–Crippen MR) is 216 cm³/mol. The molecule has 4 amide bonds. The summed E-state index contributed by atoms with van der Waals surface area (Å²) in [5, 5.41) is 5.07. The van der Waals surface area contributed by atoms with Gasteiger partial charge in [0.1, 0.15) is 23.3 Å². The number of carbonyl (C=O) groups excluding carboxylic acids is 4. The van der Waals surface area contributed by atoms with Crippen LogP contribution in [-0.2, 0) is 27.9 Å². The number of unbranched alkanes of at least 4 members (excludes halogenated alkanes) is 2. The number of pyridine rings is 2. The largest absolute Gasteiger partial charge is 0.496 e. The minimum atomic E-state index is -1.02. The van der Waals surface area contributed by atoms with E-state index in [2.05, 4.69) is 15.2 Å². The van der Waals surface area contributed by atoms with Gasteiger partial charge in [0.15, 0.2) is 0 Å². The highest BCUT2D eigenvalue weighted by atomic mass is 16.5. The summed E-state index contributed by atoms with van der Waals surface area (Å²) in [7, 11) is 4.99. The number of nitrogens with two attached hydrogens (primary N) is 2. The van der Waals surface area contributed by atoms with E-state index >= 15 is 0 Å². The topological polar surface area (TPSA) is 214 Å². The van der Waals surface area contributed by atoms with E-state index in [4.69, 9.17) is 30.5 Å². The van der Waals surface area contributed by atoms with Crippen molar-refractivity contribution in [2.75, 3.05) is 47.1 Å². The molecule has 0 radical (unpaired) electrons. The number of hydrazine groups is 1. The standard InChI is InChI=1S/C42H48N8O9/c1-47-22-33(29-11-12-45-18-32(29)40(47)53)25-15-36(56-2)34(37(16-25)57-3)23-48-20-28(21-48)59-24-26(43)19-49(44)13-5-4-6-14-58-27-7-8-30-31(17-27)42(55)50(41(30)54)35-9-10-38(51)46-39(35)52/h7-8,11-12,15-19,22,28,35H,4-6,9-10,13-14,20-21,23-24,43-44H2,1-3H3,(H,46,51,52)/b26-19-. The maximum atomic E-state index is 13.1. The van der Waals surface area contributed by atoms with Crippen LogP contribution in [0.1, 0.15) is 58.4 Å². The second kappa shape index (κ2) is 17.7. The number of hydrogen-bond acceptors (Lipinski definition) is 14. The maximum Gasteiger partial charge on any atom is 0.262 e. The molecule has 310 valence electrons. The average molecular weight is 809 g/mol. The summed E-state index contributed by atoms with van der Waals surface area (Å²) in [5.74, 6) is 5.78. The van der Waals surface area contributed by atoms with Crippen molar-refractivity contribution in [1.29, 1.82) is 0 Å². The molecule has 0 aliphatic carbocycles. The van der Waals surface area contributed by atoms with E-state index in [1.807, 2.05) is 24.4 Å². The van der Waals surface area contributed by atoms with Gasteiger partial charge in [-0.05, 0) is 73.0 Å². The van der Waals surface area contributed by atoms with E-state index in [9.17, 15) is 24.0 Å². The van der Waals surface area contributed by atoms with Crippen LogP contribution in [0.15, 0.2) is 71.7 Å². The lowest BCUT2D eigenvalue weighted by Gasteiger charge is -2.39. The second-order valence-electron chi connectivity index (χ2n) is 14.9. The van der Waals surface area contributed by atoms with Gasteiger partial charge in [0, 0.05) is 70.0 Å². The van der Waals surface area contributed by atoms with Crippen LogP contribution in [0.3, 0.4) is 0 Å². The number of nitrogens with one attached hydrogen (secondary N) is 1. The average Bonchev–Trinajstić information content (AvgIpc) is 3.45. The van der Waals surface area contributed by atoms with Crippen LogP contribution in [-0.4, -0.2) is 107 Å². The second-order valence-corrected chi connectivity index (χ2v) is 14.9. The molecule has 5 heterocycles. The summed E-state index contributed by atoms with van der Waals surface area (Å²) in [6.07, 6.45) is 9.25. The molecule has 0 spiro atoms. The fraction of sp³-hybridized carbons (Fsp3) is 0.381. The molecule has 0 bridgehead atoms. The van der Waals surface area contributed by atoms with Crippen molar-refractivity contribution in [3.05, 3.63) is 93.9 Å². The number of imide groups is 2. The van der Waals surface area contributed by atoms with Crippen molar-refractivity contribution in [3.63, 3.8) is 0 Å². The van der Waals surface area contributed by atoms with Crippen LogP contribution < -0.4 is 36.7 Å². The number of nitrogens with zero attached hydrogens (tertiary/aromatic N) is 5. The van der Waals surface area contributed by atoms with Gasteiger partial charge in [-0.3, -0.25) is 44.1 Å². The third kappa shape index (κ3) is 8.77. The molecule has 2 aromatic heterocycles. The van der Waals surface area contributed by atoms with Crippen molar-refractivity contribution in [2.45, 2.75) is 50.8 Å². The Labute approximate surface area is 340 Å². The fourth-order valence-electron chi connectivity index (χ4n) is 7.65. The van der Waals surface area contributed by atoms with Crippen LogP contribution in [0.25, 0.3) is 21.9 Å². The zero-order chi connectivity index (χ0) is 41.8. The highest BCUT2D eigenvalue weighted by Gasteiger charge is 2.44.